The number of amides is 1. The van der Waals surface area contributed by atoms with Crippen molar-refractivity contribution in [2.45, 2.75) is 25.6 Å². The zero-order valence-electron chi connectivity index (χ0n) is 11.9. The zero-order valence-corrected chi connectivity index (χ0v) is 11.9. The number of hydrogen-bond acceptors (Lipinski definition) is 3. The van der Waals surface area contributed by atoms with Gasteiger partial charge in [0.05, 0.1) is 5.56 Å². The van der Waals surface area contributed by atoms with E-state index in [4.69, 9.17) is 0 Å². The Labute approximate surface area is 129 Å². The molecule has 0 radical (unpaired) electrons. The number of carbonyl (C=O) groups excluding carboxylic acids is 1. The van der Waals surface area contributed by atoms with Gasteiger partial charge in [0.25, 0.3) is 0 Å². The molecule has 23 heavy (non-hydrogen) atoms. The summed E-state index contributed by atoms with van der Waals surface area (Å²) in [5, 5.41) is 2.53. The molecule has 0 saturated heterocycles. The largest absolute Gasteiger partial charge is 0.419 e. The number of aryl methyl sites for hydroxylation is 1. The van der Waals surface area contributed by atoms with Gasteiger partial charge in [-0.3, -0.25) is 4.79 Å². The first-order chi connectivity index (χ1) is 10.9. The molecule has 0 atom stereocenters. The van der Waals surface area contributed by atoms with E-state index in [1.165, 1.54) is 6.33 Å². The van der Waals surface area contributed by atoms with E-state index in [1.54, 1.807) is 12.4 Å². The van der Waals surface area contributed by atoms with Crippen molar-refractivity contribution >= 4 is 5.91 Å². The predicted molar refractivity (Wildman–Crippen MR) is 73.6 cm³/mol. The van der Waals surface area contributed by atoms with Crippen LogP contribution in [0.3, 0.4) is 0 Å². The molecule has 2 rings (SSSR count). The molecular weight excluding hydrogens is 314 g/mol. The number of alkyl halides is 3. The van der Waals surface area contributed by atoms with Crippen LogP contribution in [0.15, 0.2) is 36.9 Å². The molecule has 8 heteroatoms. The maximum atomic E-state index is 13.4. The normalized spacial score (nSPS) is 11.3. The van der Waals surface area contributed by atoms with E-state index in [9.17, 15) is 22.4 Å². The minimum absolute atomic E-state index is 0.0425. The first kappa shape index (κ1) is 16.9. The highest BCUT2D eigenvalue weighted by molar-refractivity contribution is 5.76. The van der Waals surface area contributed by atoms with E-state index in [2.05, 4.69) is 15.3 Å². The Kier molecular flexibility index (Phi) is 5.25. The third-order valence-corrected chi connectivity index (χ3v) is 3.08. The molecule has 1 N–H and O–H groups in total. The second-order valence-corrected chi connectivity index (χ2v) is 4.84. The quantitative estimate of drug-likeness (QED) is 0.859. The minimum Gasteiger partial charge on any atom is -0.352 e. The standard InChI is InChI=1S/C15H13F4N3O/c16-13-5-10(1-3-12(13)15(17,18)19)8-22-14(23)4-2-11-6-20-9-21-7-11/h1,3,5-7,9H,2,4,8H2,(H,22,23). The molecule has 0 aliphatic carbocycles. The molecule has 0 aliphatic heterocycles. The molecule has 1 aromatic carbocycles. The van der Waals surface area contributed by atoms with Gasteiger partial charge in [-0.05, 0) is 29.7 Å². The van der Waals surface area contributed by atoms with Crippen LogP contribution in [-0.4, -0.2) is 15.9 Å². The second kappa shape index (κ2) is 7.17. The van der Waals surface area contributed by atoms with Crippen molar-refractivity contribution < 1.29 is 22.4 Å². The Balaban J connectivity index is 1.86. The van der Waals surface area contributed by atoms with Gasteiger partial charge >= 0.3 is 6.18 Å². The first-order valence-corrected chi connectivity index (χ1v) is 6.72. The van der Waals surface area contributed by atoms with Crippen LogP contribution < -0.4 is 5.32 Å². The lowest BCUT2D eigenvalue weighted by atomic mass is 10.1. The number of halogens is 4. The summed E-state index contributed by atoms with van der Waals surface area (Å²) in [7, 11) is 0. The van der Waals surface area contributed by atoms with Gasteiger partial charge in [0, 0.05) is 25.4 Å². The Bertz CT molecular complexity index is 674. The molecule has 0 spiro atoms. The van der Waals surface area contributed by atoms with Gasteiger partial charge < -0.3 is 5.32 Å². The van der Waals surface area contributed by atoms with E-state index in [0.717, 1.165) is 17.7 Å². The lowest BCUT2D eigenvalue weighted by Crippen LogP contribution is -2.23. The molecular formula is C15H13F4N3O. The van der Waals surface area contributed by atoms with Gasteiger partial charge in [-0.25, -0.2) is 14.4 Å². The minimum atomic E-state index is -4.73. The summed E-state index contributed by atoms with van der Waals surface area (Å²) in [6.07, 6.45) is 0.438. The number of carbonyl (C=O) groups is 1. The summed E-state index contributed by atoms with van der Waals surface area (Å²) >= 11 is 0. The van der Waals surface area contributed by atoms with Crippen LogP contribution in [0.2, 0.25) is 0 Å². The van der Waals surface area contributed by atoms with Crippen LogP contribution in [-0.2, 0) is 23.9 Å². The maximum Gasteiger partial charge on any atom is 0.419 e. The molecule has 0 bridgehead atoms. The Morgan fingerprint density at radius 3 is 2.43 bits per heavy atom. The Morgan fingerprint density at radius 2 is 1.83 bits per heavy atom. The molecule has 0 fully saturated rings. The van der Waals surface area contributed by atoms with Gasteiger partial charge in [-0.1, -0.05) is 6.07 Å². The highest BCUT2D eigenvalue weighted by Crippen LogP contribution is 2.31. The number of nitrogens with zero attached hydrogens (tertiary/aromatic N) is 2. The molecule has 1 aromatic heterocycles. The average Bonchev–Trinajstić information content (AvgIpc) is 2.50. The van der Waals surface area contributed by atoms with Crippen LogP contribution in [0, 0.1) is 5.82 Å². The summed E-state index contributed by atoms with van der Waals surface area (Å²) in [5.41, 5.74) is -0.272. The molecule has 4 nitrogen and oxygen atoms in total. The van der Waals surface area contributed by atoms with Gasteiger partial charge in [-0.2, -0.15) is 13.2 Å². The number of nitrogens with one attached hydrogen (secondary N) is 1. The fourth-order valence-corrected chi connectivity index (χ4v) is 1.90. The highest BCUT2D eigenvalue weighted by Gasteiger charge is 2.33. The fourth-order valence-electron chi connectivity index (χ4n) is 1.90. The summed E-state index contributed by atoms with van der Waals surface area (Å²) in [4.78, 5) is 19.3. The van der Waals surface area contributed by atoms with E-state index in [0.29, 0.717) is 12.5 Å². The van der Waals surface area contributed by atoms with Crippen LogP contribution >= 0.6 is 0 Å². The summed E-state index contributed by atoms with van der Waals surface area (Å²) < 4.78 is 50.7. The number of hydrogen-bond donors (Lipinski definition) is 1. The van der Waals surface area contributed by atoms with E-state index in [-0.39, 0.29) is 24.4 Å². The number of rotatable bonds is 5. The average molecular weight is 327 g/mol. The van der Waals surface area contributed by atoms with E-state index < -0.39 is 17.6 Å². The van der Waals surface area contributed by atoms with Crippen molar-refractivity contribution in [2.24, 2.45) is 0 Å². The van der Waals surface area contributed by atoms with Crippen molar-refractivity contribution in [3.63, 3.8) is 0 Å². The van der Waals surface area contributed by atoms with Crippen molar-refractivity contribution in [3.8, 4) is 0 Å². The third-order valence-electron chi connectivity index (χ3n) is 3.08. The van der Waals surface area contributed by atoms with E-state index in [1.807, 2.05) is 0 Å². The first-order valence-electron chi connectivity index (χ1n) is 6.72. The molecule has 1 heterocycles. The lowest BCUT2D eigenvalue weighted by Gasteiger charge is -2.10. The zero-order chi connectivity index (χ0) is 16.9. The van der Waals surface area contributed by atoms with Gasteiger partial charge in [0.2, 0.25) is 5.91 Å². The molecule has 122 valence electrons. The van der Waals surface area contributed by atoms with Crippen LogP contribution in [0.1, 0.15) is 23.1 Å². The molecule has 1 amide bonds. The fraction of sp³-hybridized carbons (Fsp3) is 0.267. The van der Waals surface area contributed by atoms with Crippen molar-refractivity contribution in [3.05, 3.63) is 59.4 Å². The van der Waals surface area contributed by atoms with Crippen molar-refractivity contribution in [1.82, 2.24) is 15.3 Å². The van der Waals surface area contributed by atoms with Crippen molar-refractivity contribution in [1.29, 1.82) is 0 Å². The molecule has 0 unspecified atom stereocenters. The van der Waals surface area contributed by atoms with Gasteiger partial charge in [0.15, 0.2) is 0 Å². The number of aromatic nitrogens is 2. The van der Waals surface area contributed by atoms with Gasteiger partial charge in [0.1, 0.15) is 12.1 Å². The second-order valence-electron chi connectivity index (χ2n) is 4.84. The van der Waals surface area contributed by atoms with Crippen LogP contribution in [0.5, 0.6) is 0 Å². The van der Waals surface area contributed by atoms with Gasteiger partial charge in [-0.15, -0.1) is 0 Å². The number of benzene rings is 1. The summed E-state index contributed by atoms with van der Waals surface area (Å²) in [6.45, 7) is -0.0425. The summed E-state index contributed by atoms with van der Waals surface area (Å²) in [5.74, 6) is -1.65. The Morgan fingerprint density at radius 1 is 1.13 bits per heavy atom. The molecule has 0 aliphatic rings. The van der Waals surface area contributed by atoms with Crippen LogP contribution in [0.25, 0.3) is 0 Å². The SMILES string of the molecule is O=C(CCc1cncnc1)NCc1ccc(C(F)(F)F)c(F)c1. The lowest BCUT2D eigenvalue weighted by molar-refractivity contribution is -0.140. The topological polar surface area (TPSA) is 54.9 Å². The smallest absolute Gasteiger partial charge is 0.352 e. The molecule has 0 saturated carbocycles. The monoisotopic (exact) mass is 327 g/mol. The predicted octanol–water partition coefficient (Wildman–Crippen LogP) is 2.88. The third kappa shape index (κ3) is 5.01. The Hall–Kier alpha value is -2.51. The van der Waals surface area contributed by atoms with Crippen LogP contribution in [0.4, 0.5) is 17.6 Å². The maximum absolute atomic E-state index is 13.4. The highest BCUT2D eigenvalue weighted by atomic mass is 19.4. The van der Waals surface area contributed by atoms with Crippen molar-refractivity contribution in [2.75, 3.05) is 0 Å². The molecule has 2 aromatic rings. The summed E-state index contributed by atoms with van der Waals surface area (Å²) in [6, 6.07) is 2.57. The van der Waals surface area contributed by atoms with E-state index >= 15 is 0 Å².